The van der Waals surface area contributed by atoms with Crippen molar-refractivity contribution in [3.63, 3.8) is 0 Å². The van der Waals surface area contributed by atoms with Crippen LogP contribution in [0.25, 0.3) is 0 Å². The quantitative estimate of drug-likeness (QED) is 0.657. The van der Waals surface area contributed by atoms with Gasteiger partial charge >= 0.3 is 5.97 Å². The van der Waals surface area contributed by atoms with Crippen LogP contribution < -0.4 is 5.32 Å². The highest BCUT2D eigenvalue weighted by atomic mass is 35.5. The van der Waals surface area contributed by atoms with Gasteiger partial charge in [0.25, 0.3) is 0 Å². The van der Waals surface area contributed by atoms with Crippen LogP contribution in [0.15, 0.2) is 24.3 Å². The van der Waals surface area contributed by atoms with E-state index in [0.717, 1.165) is 0 Å². The second kappa shape index (κ2) is 6.96. The van der Waals surface area contributed by atoms with Gasteiger partial charge in [-0.1, -0.05) is 12.1 Å². The van der Waals surface area contributed by atoms with E-state index in [1.54, 1.807) is 6.07 Å². The summed E-state index contributed by atoms with van der Waals surface area (Å²) in [7, 11) is 1.24. The molecule has 18 heavy (non-hydrogen) atoms. The van der Waals surface area contributed by atoms with E-state index in [4.69, 9.17) is 11.6 Å². The molecule has 1 rings (SSSR count). The van der Waals surface area contributed by atoms with Crippen LogP contribution in [0.4, 0.5) is 4.39 Å². The minimum Gasteiger partial charge on any atom is -0.469 e. The molecule has 0 radical (unpaired) electrons. The highest BCUT2D eigenvalue weighted by Crippen LogP contribution is 2.18. The zero-order valence-corrected chi connectivity index (χ0v) is 10.5. The number of amides is 1. The van der Waals surface area contributed by atoms with Crippen LogP contribution in [0.3, 0.4) is 0 Å². The van der Waals surface area contributed by atoms with Crippen molar-refractivity contribution in [1.82, 2.24) is 5.32 Å². The second-order valence-electron chi connectivity index (χ2n) is 3.59. The third kappa shape index (κ3) is 4.33. The van der Waals surface area contributed by atoms with Crippen molar-refractivity contribution in [1.29, 1.82) is 0 Å². The summed E-state index contributed by atoms with van der Waals surface area (Å²) in [5, 5.41) is 2.54. The van der Waals surface area contributed by atoms with Gasteiger partial charge in [-0.25, -0.2) is 4.39 Å². The van der Waals surface area contributed by atoms with E-state index in [1.807, 2.05) is 0 Å². The van der Waals surface area contributed by atoms with Gasteiger partial charge in [0.1, 0.15) is 11.7 Å². The Labute approximate surface area is 109 Å². The number of hydrogen-bond acceptors (Lipinski definition) is 3. The summed E-state index contributed by atoms with van der Waals surface area (Å²) in [5.74, 6) is -1.61. The van der Waals surface area contributed by atoms with Gasteiger partial charge in [0.15, 0.2) is 0 Å². The normalized spacial score (nSPS) is 11.7. The lowest BCUT2D eigenvalue weighted by atomic mass is 10.0. The number of carbonyl (C=O) groups is 2. The molecular formula is C12H13ClFNO3. The minimum atomic E-state index is -0.653. The molecule has 0 aliphatic rings. The number of nitrogens with one attached hydrogen (secondary N) is 1. The van der Waals surface area contributed by atoms with E-state index in [2.05, 4.69) is 10.1 Å². The van der Waals surface area contributed by atoms with Crippen molar-refractivity contribution >= 4 is 23.5 Å². The molecule has 0 aliphatic heterocycles. The number of carbonyl (C=O) groups excluding carboxylic acids is 2. The van der Waals surface area contributed by atoms with E-state index in [0.29, 0.717) is 5.56 Å². The highest BCUT2D eigenvalue weighted by Gasteiger charge is 2.18. The van der Waals surface area contributed by atoms with Crippen molar-refractivity contribution in [3.8, 4) is 0 Å². The fraction of sp³-hybridized carbons (Fsp3) is 0.333. The monoisotopic (exact) mass is 273 g/mol. The molecule has 98 valence electrons. The SMILES string of the molecule is COC(=O)CC(NC(=O)CCl)c1cccc(F)c1. The number of esters is 1. The number of hydrogen-bond donors (Lipinski definition) is 1. The minimum absolute atomic E-state index is 0.0808. The zero-order chi connectivity index (χ0) is 13.5. The van der Waals surface area contributed by atoms with Crippen LogP contribution in [0.2, 0.25) is 0 Å². The molecule has 0 saturated carbocycles. The number of alkyl halides is 1. The molecule has 0 saturated heterocycles. The Morgan fingerprint density at radius 2 is 2.22 bits per heavy atom. The Bertz CT molecular complexity index is 421. The van der Waals surface area contributed by atoms with Crippen LogP contribution >= 0.6 is 11.6 Å². The molecule has 1 N–H and O–H groups in total. The Kier molecular flexibility index (Phi) is 5.58. The summed E-state index contributed by atoms with van der Waals surface area (Å²) < 4.78 is 17.6. The molecule has 1 unspecified atom stereocenters. The van der Waals surface area contributed by atoms with E-state index in [9.17, 15) is 14.0 Å². The third-order valence-corrected chi connectivity index (χ3v) is 2.55. The van der Waals surface area contributed by atoms with E-state index in [-0.39, 0.29) is 12.3 Å². The van der Waals surface area contributed by atoms with Crippen molar-refractivity contribution < 1.29 is 18.7 Å². The van der Waals surface area contributed by atoms with Gasteiger partial charge in [-0.2, -0.15) is 0 Å². The fourth-order valence-corrected chi connectivity index (χ4v) is 1.54. The summed E-state index contributed by atoms with van der Waals surface area (Å²) in [5.41, 5.74) is 0.485. The van der Waals surface area contributed by atoms with Crippen LogP contribution in [-0.4, -0.2) is 24.9 Å². The average molecular weight is 274 g/mol. The highest BCUT2D eigenvalue weighted by molar-refractivity contribution is 6.27. The Hall–Kier alpha value is -1.62. The molecule has 1 aromatic carbocycles. The number of halogens is 2. The predicted molar refractivity (Wildman–Crippen MR) is 64.6 cm³/mol. The molecular weight excluding hydrogens is 261 g/mol. The van der Waals surface area contributed by atoms with Gasteiger partial charge in [-0.05, 0) is 17.7 Å². The van der Waals surface area contributed by atoms with Gasteiger partial charge in [0, 0.05) is 0 Å². The molecule has 0 aliphatic carbocycles. The largest absolute Gasteiger partial charge is 0.469 e. The molecule has 6 heteroatoms. The van der Waals surface area contributed by atoms with Crippen molar-refractivity contribution in [2.75, 3.05) is 13.0 Å². The summed E-state index contributed by atoms with van der Waals surface area (Å²) >= 11 is 5.38. The van der Waals surface area contributed by atoms with Gasteiger partial charge in [0.2, 0.25) is 5.91 Å². The topological polar surface area (TPSA) is 55.4 Å². The smallest absolute Gasteiger partial charge is 0.307 e. The number of rotatable bonds is 5. The summed E-state index contributed by atoms with van der Waals surface area (Å²) in [4.78, 5) is 22.5. The van der Waals surface area contributed by atoms with E-state index < -0.39 is 23.7 Å². The molecule has 0 heterocycles. The molecule has 0 spiro atoms. The number of methoxy groups -OCH3 is 1. The Balaban J connectivity index is 2.88. The third-order valence-electron chi connectivity index (χ3n) is 2.31. The summed E-state index contributed by atoms with van der Waals surface area (Å²) in [6.07, 6.45) is -0.0808. The fourth-order valence-electron chi connectivity index (χ4n) is 1.46. The molecule has 1 aromatic rings. The molecule has 0 bridgehead atoms. The second-order valence-corrected chi connectivity index (χ2v) is 3.86. The standard InChI is InChI=1S/C12H13ClFNO3/c1-18-12(17)6-10(15-11(16)7-13)8-3-2-4-9(14)5-8/h2-5,10H,6-7H2,1H3,(H,15,16). The lowest BCUT2D eigenvalue weighted by Gasteiger charge is -2.17. The lowest BCUT2D eigenvalue weighted by Crippen LogP contribution is -2.31. The number of ether oxygens (including phenoxy) is 1. The van der Waals surface area contributed by atoms with E-state index in [1.165, 1.54) is 25.3 Å². The Morgan fingerprint density at radius 1 is 1.50 bits per heavy atom. The van der Waals surface area contributed by atoms with E-state index >= 15 is 0 Å². The molecule has 1 atom stereocenters. The van der Waals surface area contributed by atoms with Crippen LogP contribution in [-0.2, 0) is 14.3 Å². The molecule has 1 amide bonds. The zero-order valence-electron chi connectivity index (χ0n) is 9.78. The van der Waals surface area contributed by atoms with Gasteiger partial charge in [0.05, 0.1) is 19.6 Å². The van der Waals surface area contributed by atoms with Gasteiger partial charge in [-0.3, -0.25) is 9.59 Å². The van der Waals surface area contributed by atoms with Crippen LogP contribution in [0.5, 0.6) is 0 Å². The lowest BCUT2D eigenvalue weighted by molar-refractivity contribution is -0.141. The first-order chi connectivity index (χ1) is 8.56. The van der Waals surface area contributed by atoms with Crippen LogP contribution in [0, 0.1) is 5.82 Å². The summed E-state index contributed by atoms with van der Waals surface area (Å²) in [6, 6.07) is 5.00. The average Bonchev–Trinajstić information content (AvgIpc) is 2.37. The Morgan fingerprint density at radius 3 is 2.78 bits per heavy atom. The van der Waals surface area contributed by atoms with Crippen molar-refractivity contribution in [2.24, 2.45) is 0 Å². The van der Waals surface area contributed by atoms with Crippen LogP contribution in [0.1, 0.15) is 18.0 Å². The molecule has 0 aromatic heterocycles. The number of benzene rings is 1. The maximum absolute atomic E-state index is 13.1. The van der Waals surface area contributed by atoms with Gasteiger partial charge in [-0.15, -0.1) is 11.6 Å². The predicted octanol–water partition coefficient (Wildman–Crippen LogP) is 1.78. The first-order valence-corrected chi connectivity index (χ1v) is 5.78. The van der Waals surface area contributed by atoms with Crippen molar-refractivity contribution in [3.05, 3.63) is 35.6 Å². The molecule has 0 fully saturated rings. The molecule has 4 nitrogen and oxygen atoms in total. The first-order valence-electron chi connectivity index (χ1n) is 5.24. The summed E-state index contributed by atoms with van der Waals surface area (Å²) in [6.45, 7) is 0. The first kappa shape index (κ1) is 14.4. The van der Waals surface area contributed by atoms with Crippen molar-refractivity contribution in [2.45, 2.75) is 12.5 Å². The maximum Gasteiger partial charge on any atom is 0.307 e. The maximum atomic E-state index is 13.1. The van der Waals surface area contributed by atoms with Gasteiger partial charge < -0.3 is 10.1 Å².